The Morgan fingerprint density at radius 2 is 1.00 bits per heavy atom. The van der Waals surface area contributed by atoms with Crippen molar-refractivity contribution in [2.75, 3.05) is 0 Å². The fraction of sp³-hybridized carbons (Fsp3) is 0. The molecule has 0 atom stereocenters. The van der Waals surface area contributed by atoms with E-state index in [0.717, 1.165) is 0 Å². The van der Waals surface area contributed by atoms with Crippen LogP contribution in [-0.2, 0) is 0 Å². The molecule has 0 radical (unpaired) electrons. The Bertz CT molecular complexity index is 520. The molecule has 18 heavy (non-hydrogen) atoms. The van der Waals surface area contributed by atoms with Crippen LogP contribution < -0.4 is 0 Å². The average Bonchev–Trinajstić information content (AvgIpc) is 2.36. The second-order valence-corrected chi connectivity index (χ2v) is 5.63. The number of hydrogen-bond donors (Lipinski definition) is 4. The first-order chi connectivity index (χ1) is 8.59. The predicted octanol–water partition coefficient (Wildman–Crippen LogP) is 3.31. The van der Waals surface area contributed by atoms with E-state index in [9.17, 15) is 20.4 Å². The van der Waals surface area contributed by atoms with E-state index in [2.05, 4.69) is 0 Å². The molecule has 0 fully saturated rings. The van der Waals surface area contributed by atoms with Crippen molar-refractivity contribution in [2.24, 2.45) is 0 Å². The topological polar surface area (TPSA) is 80.9 Å². The number of para-hydroxylation sites is 2. The van der Waals surface area contributed by atoms with E-state index in [4.69, 9.17) is 0 Å². The van der Waals surface area contributed by atoms with Crippen molar-refractivity contribution >= 4 is 21.6 Å². The second kappa shape index (κ2) is 5.32. The molecule has 0 aromatic heterocycles. The van der Waals surface area contributed by atoms with E-state index in [1.54, 1.807) is 24.3 Å². The Labute approximate surface area is 111 Å². The lowest BCUT2D eigenvalue weighted by atomic mass is 10.3. The van der Waals surface area contributed by atoms with E-state index in [1.807, 2.05) is 0 Å². The molecule has 0 amide bonds. The molecule has 0 aliphatic carbocycles. The average molecular weight is 282 g/mol. The molecule has 0 spiro atoms. The third-order valence-electron chi connectivity index (χ3n) is 2.18. The maximum Gasteiger partial charge on any atom is 0.172 e. The molecule has 0 aliphatic rings. The van der Waals surface area contributed by atoms with Crippen molar-refractivity contribution in [3.05, 3.63) is 36.4 Å². The van der Waals surface area contributed by atoms with Crippen molar-refractivity contribution in [1.82, 2.24) is 0 Å². The molecule has 4 N–H and O–H groups in total. The molecule has 0 saturated heterocycles. The highest BCUT2D eigenvalue weighted by Gasteiger charge is 2.10. The highest BCUT2D eigenvalue weighted by atomic mass is 33.1. The minimum absolute atomic E-state index is 0.194. The van der Waals surface area contributed by atoms with Gasteiger partial charge in [0.2, 0.25) is 0 Å². The van der Waals surface area contributed by atoms with Gasteiger partial charge in [-0.05, 0) is 45.9 Å². The molecule has 0 aliphatic heterocycles. The van der Waals surface area contributed by atoms with Gasteiger partial charge in [-0.1, -0.05) is 12.1 Å². The normalized spacial score (nSPS) is 10.4. The Kier molecular flexibility index (Phi) is 3.78. The van der Waals surface area contributed by atoms with Crippen molar-refractivity contribution < 1.29 is 20.4 Å². The Balaban J connectivity index is 2.17. The van der Waals surface area contributed by atoms with Crippen LogP contribution in [-0.4, -0.2) is 20.4 Å². The van der Waals surface area contributed by atoms with Gasteiger partial charge >= 0.3 is 0 Å². The molecule has 6 heteroatoms. The van der Waals surface area contributed by atoms with E-state index >= 15 is 0 Å². The van der Waals surface area contributed by atoms with Crippen molar-refractivity contribution in [2.45, 2.75) is 9.79 Å². The molecule has 0 heterocycles. The molecule has 94 valence electrons. The van der Waals surface area contributed by atoms with Crippen LogP contribution in [0.3, 0.4) is 0 Å². The molecule has 4 nitrogen and oxygen atoms in total. The quantitative estimate of drug-likeness (QED) is 0.511. The minimum Gasteiger partial charge on any atom is -0.504 e. The zero-order valence-corrected chi connectivity index (χ0v) is 10.7. The fourth-order valence-corrected chi connectivity index (χ4v) is 3.41. The fourth-order valence-electron chi connectivity index (χ4n) is 1.25. The molecular formula is C12H10O4S2. The summed E-state index contributed by atoms with van der Waals surface area (Å²) in [5.41, 5.74) is 0. The summed E-state index contributed by atoms with van der Waals surface area (Å²) in [6, 6.07) is 9.28. The third-order valence-corrected chi connectivity index (χ3v) is 4.61. The maximum atomic E-state index is 9.60. The molecule has 2 rings (SSSR count). The van der Waals surface area contributed by atoms with Crippen molar-refractivity contribution in [1.29, 1.82) is 0 Å². The maximum absolute atomic E-state index is 9.60. The van der Waals surface area contributed by atoms with Crippen LogP contribution in [0.2, 0.25) is 0 Å². The molecule has 0 unspecified atom stereocenters. The number of phenols is 4. The van der Waals surface area contributed by atoms with Gasteiger partial charge < -0.3 is 20.4 Å². The zero-order valence-electron chi connectivity index (χ0n) is 9.07. The zero-order chi connectivity index (χ0) is 13.1. The predicted molar refractivity (Wildman–Crippen MR) is 71.3 cm³/mol. The smallest absolute Gasteiger partial charge is 0.172 e. The SMILES string of the molecule is Oc1cccc(SSc2cccc(O)c2O)c1O. The van der Waals surface area contributed by atoms with Gasteiger partial charge in [0.25, 0.3) is 0 Å². The van der Waals surface area contributed by atoms with Gasteiger partial charge in [0.15, 0.2) is 23.0 Å². The number of benzene rings is 2. The summed E-state index contributed by atoms with van der Waals surface area (Å²) in [4.78, 5) is 0.950. The minimum atomic E-state index is -0.199. The van der Waals surface area contributed by atoms with Gasteiger partial charge in [-0.2, -0.15) is 0 Å². The van der Waals surface area contributed by atoms with Crippen molar-refractivity contribution in [3.63, 3.8) is 0 Å². The number of hydrogen-bond acceptors (Lipinski definition) is 6. The van der Waals surface area contributed by atoms with Gasteiger partial charge in [-0.15, -0.1) is 0 Å². The van der Waals surface area contributed by atoms with Gasteiger partial charge in [0.1, 0.15) is 0 Å². The summed E-state index contributed by atoms with van der Waals surface area (Å²) in [7, 11) is 2.35. The van der Waals surface area contributed by atoms with E-state index in [1.165, 1.54) is 33.7 Å². The van der Waals surface area contributed by atoms with Gasteiger partial charge in [0, 0.05) is 0 Å². The lowest BCUT2D eigenvalue weighted by Crippen LogP contribution is -1.75. The molecular weight excluding hydrogens is 272 g/mol. The summed E-state index contributed by atoms with van der Waals surface area (Å²) >= 11 is 0. The van der Waals surface area contributed by atoms with E-state index in [-0.39, 0.29) is 23.0 Å². The number of aromatic hydroxyl groups is 4. The van der Waals surface area contributed by atoms with Crippen molar-refractivity contribution in [3.8, 4) is 23.0 Å². The van der Waals surface area contributed by atoms with Crippen LogP contribution in [0.1, 0.15) is 0 Å². The van der Waals surface area contributed by atoms with Gasteiger partial charge in [-0.3, -0.25) is 0 Å². The van der Waals surface area contributed by atoms with Crippen LogP contribution >= 0.6 is 21.6 Å². The Morgan fingerprint density at radius 3 is 1.39 bits per heavy atom. The first kappa shape index (κ1) is 12.8. The van der Waals surface area contributed by atoms with E-state index in [0.29, 0.717) is 9.79 Å². The monoisotopic (exact) mass is 282 g/mol. The van der Waals surface area contributed by atoms with Crippen LogP contribution in [0, 0.1) is 0 Å². The molecule has 0 bridgehead atoms. The van der Waals surface area contributed by atoms with E-state index < -0.39 is 0 Å². The summed E-state index contributed by atoms with van der Waals surface area (Å²) < 4.78 is 0. The Hall–Kier alpha value is -1.66. The van der Waals surface area contributed by atoms with Gasteiger partial charge in [-0.25, -0.2) is 0 Å². The summed E-state index contributed by atoms with van der Waals surface area (Å²) in [5, 5.41) is 37.9. The largest absolute Gasteiger partial charge is 0.504 e. The molecule has 0 saturated carbocycles. The first-order valence-corrected chi connectivity index (χ1v) is 7.11. The standard InChI is InChI=1S/C12H10O4S2/c13-7-3-1-5-9(11(7)15)17-18-10-6-2-4-8(14)12(10)16/h1-6,13-16H. The molecule has 2 aromatic rings. The van der Waals surface area contributed by atoms with Crippen LogP contribution in [0.5, 0.6) is 23.0 Å². The highest BCUT2D eigenvalue weighted by molar-refractivity contribution is 8.76. The first-order valence-electron chi connectivity index (χ1n) is 4.96. The summed E-state index contributed by atoms with van der Waals surface area (Å²) in [6.45, 7) is 0. The van der Waals surface area contributed by atoms with Crippen LogP contribution in [0.15, 0.2) is 46.2 Å². The Morgan fingerprint density at radius 1 is 0.611 bits per heavy atom. The summed E-state index contributed by atoms with van der Waals surface area (Å²) in [5.74, 6) is -0.786. The van der Waals surface area contributed by atoms with Gasteiger partial charge in [0.05, 0.1) is 9.79 Å². The number of phenolic OH excluding ortho intramolecular Hbond substituents is 4. The van der Waals surface area contributed by atoms with Crippen LogP contribution in [0.4, 0.5) is 0 Å². The summed E-state index contributed by atoms with van der Waals surface area (Å²) in [6.07, 6.45) is 0. The number of rotatable bonds is 3. The highest BCUT2D eigenvalue weighted by Crippen LogP contribution is 2.48. The van der Waals surface area contributed by atoms with Crippen LogP contribution in [0.25, 0.3) is 0 Å². The second-order valence-electron chi connectivity index (χ2n) is 3.41. The third kappa shape index (κ3) is 2.60. The lowest BCUT2D eigenvalue weighted by Gasteiger charge is -2.07. The molecule has 2 aromatic carbocycles. The lowest BCUT2D eigenvalue weighted by molar-refractivity contribution is 0.395.